The van der Waals surface area contributed by atoms with E-state index in [2.05, 4.69) is 15.0 Å². The molecule has 19 heavy (non-hydrogen) atoms. The number of rotatable bonds is 2. The molecule has 2 heterocycles. The Morgan fingerprint density at radius 2 is 2.16 bits per heavy atom. The summed E-state index contributed by atoms with van der Waals surface area (Å²) in [5, 5.41) is 0.299. The zero-order valence-corrected chi connectivity index (χ0v) is 10.4. The third-order valence-electron chi connectivity index (χ3n) is 2.67. The number of nitrogens with zero attached hydrogens (tertiary/aromatic N) is 4. The van der Waals surface area contributed by atoms with E-state index in [1.165, 1.54) is 6.20 Å². The van der Waals surface area contributed by atoms with Gasteiger partial charge in [0.1, 0.15) is 11.5 Å². The maximum Gasteiger partial charge on any atom is 0.248 e. The molecule has 0 aliphatic carbocycles. The number of hydrogen-bond acceptors (Lipinski definition) is 4. The summed E-state index contributed by atoms with van der Waals surface area (Å²) in [6, 6.07) is 5.03. The predicted molar refractivity (Wildman–Crippen MR) is 70.2 cm³/mol. The van der Waals surface area contributed by atoms with E-state index in [1.807, 2.05) is 0 Å². The second kappa shape index (κ2) is 4.33. The van der Waals surface area contributed by atoms with Crippen LogP contribution in [-0.2, 0) is 0 Å². The van der Waals surface area contributed by atoms with Crippen molar-refractivity contribution in [3.05, 3.63) is 47.6 Å². The zero-order chi connectivity index (χ0) is 13.4. The fourth-order valence-electron chi connectivity index (χ4n) is 1.80. The number of halogens is 1. The van der Waals surface area contributed by atoms with Crippen LogP contribution in [0.3, 0.4) is 0 Å². The number of benzene rings is 1. The molecule has 0 aliphatic rings. The molecular formula is C12H8ClN5O. The van der Waals surface area contributed by atoms with Crippen molar-refractivity contribution in [2.75, 3.05) is 0 Å². The van der Waals surface area contributed by atoms with Crippen LogP contribution in [0.25, 0.3) is 16.9 Å². The molecule has 3 aromatic rings. The van der Waals surface area contributed by atoms with Crippen molar-refractivity contribution in [2.24, 2.45) is 5.73 Å². The van der Waals surface area contributed by atoms with E-state index < -0.39 is 5.91 Å². The zero-order valence-electron chi connectivity index (χ0n) is 9.62. The maximum atomic E-state index is 11.1. The number of primary amides is 1. The summed E-state index contributed by atoms with van der Waals surface area (Å²) in [5.74, 6) is 0.0702. The number of carbonyl (C=O) groups is 1. The standard InChI is InChI=1S/C12H8ClN5O/c13-10-4-15-5-11(17-10)18-6-16-8-3-7(12(14)19)1-2-9(8)18/h1-6H,(H2,14,19). The van der Waals surface area contributed by atoms with Crippen molar-refractivity contribution in [3.63, 3.8) is 0 Å². The summed E-state index contributed by atoms with van der Waals surface area (Å²) in [5.41, 5.74) is 7.09. The van der Waals surface area contributed by atoms with Gasteiger partial charge in [-0.05, 0) is 18.2 Å². The normalized spacial score (nSPS) is 10.8. The van der Waals surface area contributed by atoms with Gasteiger partial charge in [-0.3, -0.25) is 14.3 Å². The van der Waals surface area contributed by atoms with Gasteiger partial charge in [0.05, 0.1) is 23.4 Å². The van der Waals surface area contributed by atoms with Gasteiger partial charge < -0.3 is 5.73 Å². The van der Waals surface area contributed by atoms with Gasteiger partial charge in [-0.2, -0.15) is 0 Å². The van der Waals surface area contributed by atoms with Crippen molar-refractivity contribution in [2.45, 2.75) is 0 Å². The molecule has 2 aromatic heterocycles. The Balaban J connectivity index is 2.18. The van der Waals surface area contributed by atoms with Gasteiger partial charge in [-0.25, -0.2) is 9.97 Å². The van der Waals surface area contributed by atoms with Crippen molar-refractivity contribution in [1.82, 2.24) is 19.5 Å². The first-order valence-corrected chi connectivity index (χ1v) is 5.78. The van der Waals surface area contributed by atoms with Crippen LogP contribution in [0.5, 0.6) is 0 Å². The highest BCUT2D eigenvalue weighted by molar-refractivity contribution is 6.29. The number of imidazole rings is 1. The van der Waals surface area contributed by atoms with Crippen molar-refractivity contribution in [3.8, 4) is 5.82 Å². The third kappa shape index (κ3) is 2.02. The molecule has 0 atom stereocenters. The molecule has 0 fully saturated rings. The summed E-state index contributed by atoms with van der Waals surface area (Å²) in [6.07, 6.45) is 4.63. The van der Waals surface area contributed by atoms with Gasteiger partial charge in [-0.1, -0.05) is 11.6 Å². The van der Waals surface area contributed by atoms with Gasteiger partial charge in [0.2, 0.25) is 5.91 Å². The molecule has 94 valence electrons. The third-order valence-corrected chi connectivity index (χ3v) is 2.85. The fraction of sp³-hybridized carbons (Fsp3) is 0. The Labute approximate surface area is 112 Å². The first-order valence-electron chi connectivity index (χ1n) is 5.40. The van der Waals surface area contributed by atoms with E-state index >= 15 is 0 Å². The van der Waals surface area contributed by atoms with Gasteiger partial charge in [0.15, 0.2) is 5.82 Å². The predicted octanol–water partition coefficient (Wildman–Crippen LogP) is 1.57. The number of carbonyl (C=O) groups excluding carboxylic acids is 1. The Kier molecular flexibility index (Phi) is 2.64. The Morgan fingerprint density at radius 1 is 1.32 bits per heavy atom. The largest absolute Gasteiger partial charge is 0.366 e. The molecule has 0 bridgehead atoms. The van der Waals surface area contributed by atoms with E-state index in [0.717, 1.165) is 5.52 Å². The highest BCUT2D eigenvalue weighted by Crippen LogP contribution is 2.18. The van der Waals surface area contributed by atoms with Crippen molar-refractivity contribution < 1.29 is 4.79 Å². The van der Waals surface area contributed by atoms with Crippen LogP contribution >= 0.6 is 11.6 Å². The number of fused-ring (bicyclic) bond motifs is 1. The van der Waals surface area contributed by atoms with Gasteiger partial charge >= 0.3 is 0 Å². The molecule has 7 heteroatoms. The lowest BCUT2D eigenvalue weighted by Gasteiger charge is -2.03. The molecule has 0 aliphatic heterocycles. The van der Waals surface area contributed by atoms with E-state index in [9.17, 15) is 4.79 Å². The molecule has 1 aromatic carbocycles. The van der Waals surface area contributed by atoms with Gasteiger partial charge in [0.25, 0.3) is 0 Å². The molecule has 0 spiro atoms. The summed E-state index contributed by atoms with van der Waals surface area (Å²) in [4.78, 5) is 23.5. The average molecular weight is 274 g/mol. The number of aromatic nitrogens is 4. The lowest BCUT2D eigenvalue weighted by atomic mass is 10.2. The van der Waals surface area contributed by atoms with Crippen molar-refractivity contribution >= 4 is 28.5 Å². The van der Waals surface area contributed by atoms with E-state index in [0.29, 0.717) is 22.1 Å². The second-order valence-corrected chi connectivity index (χ2v) is 4.27. The molecule has 1 amide bonds. The Hall–Kier alpha value is -2.47. The number of hydrogen-bond donors (Lipinski definition) is 1. The maximum absolute atomic E-state index is 11.1. The Morgan fingerprint density at radius 3 is 2.89 bits per heavy atom. The quantitative estimate of drug-likeness (QED) is 0.768. The lowest BCUT2D eigenvalue weighted by Crippen LogP contribution is -2.10. The summed E-state index contributed by atoms with van der Waals surface area (Å²) in [6.45, 7) is 0. The molecule has 0 unspecified atom stereocenters. The summed E-state index contributed by atoms with van der Waals surface area (Å²) in [7, 11) is 0. The fourth-order valence-corrected chi connectivity index (χ4v) is 1.94. The van der Waals surface area contributed by atoms with Crippen LogP contribution in [0.4, 0.5) is 0 Å². The minimum atomic E-state index is -0.487. The number of amides is 1. The minimum absolute atomic E-state index is 0.299. The summed E-state index contributed by atoms with van der Waals surface area (Å²) >= 11 is 5.81. The monoisotopic (exact) mass is 273 g/mol. The molecule has 6 nitrogen and oxygen atoms in total. The van der Waals surface area contributed by atoms with Gasteiger partial charge in [0, 0.05) is 5.56 Å². The van der Waals surface area contributed by atoms with Crippen LogP contribution in [0.15, 0.2) is 36.9 Å². The summed E-state index contributed by atoms with van der Waals surface area (Å²) < 4.78 is 1.74. The lowest BCUT2D eigenvalue weighted by molar-refractivity contribution is 0.100. The molecule has 0 radical (unpaired) electrons. The second-order valence-electron chi connectivity index (χ2n) is 3.88. The molecule has 0 saturated heterocycles. The van der Waals surface area contributed by atoms with E-state index in [1.54, 1.807) is 35.3 Å². The van der Waals surface area contributed by atoms with Crippen LogP contribution in [-0.4, -0.2) is 25.4 Å². The molecular weight excluding hydrogens is 266 g/mol. The topological polar surface area (TPSA) is 86.7 Å². The highest BCUT2D eigenvalue weighted by atomic mass is 35.5. The van der Waals surface area contributed by atoms with E-state index in [-0.39, 0.29) is 0 Å². The van der Waals surface area contributed by atoms with Crippen LogP contribution < -0.4 is 5.73 Å². The SMILES string of the molecule is NC(=O)c1ccc2c(c1)ncn2-c1cncc(Cl)n1. The van der Waals surface area contributed by atoms with Crippen LogP contribution in [0.1, 0.15) is 10.4 Å². The van der Waals surface area contributed by atoms with Gasteiger partial charge in [-0.15, -0.1) is 0 Å². The van der Waals surface area contributed by atoms with Crippen LogP contribution in [0, 0.1) is 0 Å². The number of nitrogens with two attached hydrogens (primary N) is 1. The first-order chi connectivity index (χ1) is 9.15. The molecule has 0 saturated carbocycles. The van der Waals surface area contributed by atoms with E-state index in [4.69, 9.17) is 17.3 Å². The molecule has 3 rings (SSSR count). The molecule has 2 N–H and O–H groups in total. The van der Waals surface area contributed by atoms with Crippen LogP contribution in [0.2, 0.25) is 5.15 Å². The Bertz CT molecular complexity index is 783. The van der Waals surface area contributed by atoms with Crippen molar-refractivity contribution in [1.29, 1.82) is 0 Å². The highest BCUT2D eigenvalue weighted by Gasteiger charge is 2.09. The minimum Gasteiger partial charge on any atom is -0.366 e. The first kappa shape index (κ1) is 11.6. The smallest absolute Gasteiger partial charge is 0.248 e. The average Bonchev–Trinajstić information content (AvgIpc) is 2.81.